The Balaban J connectivity index is 1.88. The molecule has 1 atom stereocenters. The van der Waals surface area contributed by atoms with Gasteiger partial charge in [0.05, 0.1) is 18.0 Å². The van der Waals surface area contributed by atoms with Crippen molar-refractivity contribution in [2.45, 2.75) is 38.8 Å². The number of hydrogen-bond acceptors (Lipinski definition) is 4. The number of benzene rings is 2. The molecule has 1 heterocycles. The van der Waals surface area contributed by atoms with Gasteiger partial charge in [0.1, 0.15) is 11.4 Å². The zero-order valence-corrected chi connectivity index (χ0v) is 17.6. The van der Waals surface area contributed by atoms with Crippen molar-refractivity contribution in [3.8, 4) is 5.75 Å². The summed E-state index contributed by atoms with van der Waals surface area (Å²) in [6, 6.07) is 12.4. The minimum absolute atomic E-state index is 0.192. The minimum Gasteiger partial charge on any atom is -0.487 e. The van der Waals surface area contributed by atoms with Crippen molar-refractivity contribution < 1.29 is 17.9 Å². The molecule has 0 fully saturated rings. The number of rotatable bonds is 4. The van der Waals surface area contributed by atoms with Gasteiger partial charge in [-0.3, -0.25) is 9.10 Å². The second-order valence-corrected chi connectivity index (χ2v) is 9.93. The van der Waals surface area contributed by atoms with Crippen molar-refractivity contribution in [3.63, 3.8) is 0 Å². The lowest BCUT2D eigenvalue weighted by molar-refractivity contribution is 0.0619. The first-order chi connectivity index (χ1) is 13.0. The van der Waals surface area contributed by atoms with Crippen LogP contribution in [0, 0.1) is 6.92 Å². The molecule has 1 N–H and O–H groups in total. The summed E-state index contributed by atoms with van der Waals surface area (Å²) in [6.45, 7) is 6.00. The molecule has 0 saturated heterocycles. The fourth-order valence-electron chi connectivity index (χ4n) is 3.36. The summed E-state index contributed by atoms with van der Waals surface area (Å²) in [5.41, 5.74) is 2.49. The number of carbonyl (C=O) groups excluding carboxylic acids is 1. The van der Waals surface area contributed by atoms with Gasteiger partial charge in [-0.15, -0.1) is 0 Å². The van der Waals surface area contributed by atoms with Crippen LogP contribution in [0.15, 0.2) is 42.5 Å². The fraction of sp³-hybridized carbons (Fsp3) is 0.381. The average Bonchev–Trinajstić information content (AvgIpc) is 2.59. The normalized spacial score (nSPS) is 18.0. The van der Waals surface area contributed by atoms with Gasteiger partial charge in [-0.2, -0.15) is 0 Å². The first kappa shape index (κ1) is 20.2. The van der Waals surface area contributed by atoms with Crippen LogP contribution in [-0.4, -0.2) is 33.2 Å². The van der Waals surface area contributed by atoms with Crippen molar-refractivity contribution >= 4 is 21.6 Å². The summed E-state index contributed by atoms with van der Waals surface area (Å²) in [5.74, 6) is 0.532. The largest absolute Gasteiger partial charge is 0.487 e. The number of nitrogens with zero attached hydrogens (tertiary/aromatic N) is 1. The Kier molecular flexibility index (Phi) is 5.14. The van der Waals surface area contributed by atoms with E-state index in [1.54, 1.807) is 24.3 Å². The quantitative estimate of drug-likeness (QED) is 0.850. The van der Waals surface area contributed by atoms with E-state index in [1.807, 2.05) is 39.0 Å². The van der Waals surface area contributed by atoms with Crippen LogP contribution in [0.25, 0.3) is 0 Å². The molecule has 0 bridgehead atoms. The fourth-order valence-corrected chi connectivity index (χ4v) is 3.86. The number of aryl methyl sites for hydroxylation is 1. The van der Waals surface area contributed by atoms with Gasteiger partial charge in [0, 0.05) is 24.6 Å². The molecule has 2 aromatic carbocycles. The highest BCUT2D eigenvalue weighted by Gasteiger charge is 2.34. The Bertz CT molecular complexity index is 1010. The number of hydrogen-bond donors (Lipinski definition) is 1. The molecule has 1 aliphatic heterocycles. The predicted molar refractivity (Wildman–Crippen MR) is 110 cm³/mol. The van der Waals surface area contributed by atoms with Crippen LogP contribution in [0.2, 0.25) is 0 Å². The van der Waals surface area contributed by atoms with E-state index in [9.17, 15) is 13.2 Å². The summed E-state index contributed by atoms with van der Waals surface area (Å²) in [6.07, 6.45) is 1.76. The van der Waals surface area contributed by atoms with Crippen LogP contribution < -0.4 is 14.4 Å². The van der Waals surface area contributed by atoms with E-state index in [1.165, 1.54) is 7.05 Å². The van der Waals surface area contributed by atoms with E-state index >= 15 is 0 Å². The van der Waals surface area contributed by atoms with Gasteiger partial charge in [-0.1, -0.05) is 18.2 Å². The Labute approximate surface area is 166 Å². The van der Waals surface area contributed by atoms with Gasteiger partial charge in [0.15, 0.2) is 0 Å². The monoisotopic (exact) mass is 402 g/mol. The molecule has 0 radical (unpaired) electrons. The van der Waals surface area contributed by atoms with E-state index in [2.05, 4.69) is 5.32 Å². The van der Waals surface area contributed by atoms with Gasteiger partial charge in [-0.25, -0.2) is 8.42 Å². The van der Waals surface area contributed by atoms with Crippen LogP contribution in [0.5, 0.6) is 5.75 Å². The molecule has 2 aromatic rings. The molecule has 0 saturated carbocycles. The van der Waals surface area contributed by atoms with Crippen LogP contribution in [0.3, 0.4) is 0 Å². The molecule has 1 amide bonds. The summed E-state index contributed by atoms with van der Waals surface area (Å²) >= 11 is 0. The number of ether oxygens (including phenoxy) is 1. The number of amides is 1. The van der Waals surface area contributed by atoms with E-state index in [0.717, 1.165) is 27.4 Å². The van der Waals surface area contributed by atoms with E-state index in [4.69, 9.17) is 4.74 Å². The molecule has 6 nitrogen and oxygen atoms in total. The molecule has 0 aliphatic carbocycles. The smallest absolute Gasteiger partial charge is 0.251 e. The molecule has 0 spiro atoms. The highest BCUT2D eigenvalue weighted by Crippen LogP contribution is 2.40. The van der Waals surface area contributed by atoms with E-state index in [0.29, 0.717) is 17.7 Å². The highest BCUT2D eigenvalue weighted by molar-refractivity contribution is 7.92. The third kappa shape index (κ3) is 4.30. The molecule has 7 heteroatoms. The van der Waals surface area contributed by atoms with E-state index < -0.39 is 15.6 Å². The standard InChI is InChI=1S/C21H26N2O4S/c1-14-9-10-17-18(13-21(2,3)27-19(17)11-14)22-20(24)15-7-6-8-16(12-15)23(4)28(5,25)26/h6-12,18H,13H2,1-5H3,(H,22,24)/t18-/m1/s1. The van der Waals surface area contributed by atoms with Gasteiger partial charge in [0.2, 0.25) is 10.0 Å². The molecule has 0 unspecified atom stereocenters. The van der Waals surface area contributed by atoms with Gasteiger partial charge in [-0.05, 0) is 50.6 Å². The number of carbonyl (C=O) groups is 1. The van der Waals surface area contributed by atoms with Gasteiger partial charge >= 0.3 is 0 Å². The lowest BCUT2D eigenvalue weighted by atomic mass is 9.89. The number of fused-ring (bicyclic) bond motifs is 1. The second-order valence-electron chi connectivity index (χ2n) is 7.91. The van der Waals surface area contributed by atoms with E-state index in [-0.39, 0.29) is 11.9 Å². The number of nitrogens with one attached hydrogen (secondary N) is 1. The summed E-state index contributed by atoms with van der Waals surface area (Å²) < 4.78 is 30.8. The van der Waals surface area contributed by atoms with Crippen LogP contribution in [0.4, 0.5) is 5.69 Å². The Morgan fingerprint density at radius 1 is 1.21 bits per heavy atom. The van der Waals surface area contributed by atoms with Gasteiger partial charge < -0.3 is 10.1 Å². The first-order valence-corrected chi connectivity index (χ1v) is 11.0. The molecule has 1 aliphatic rings. The SMILES string of the molecule is Cc1ccc2c(c1)OC(C)(C)C[C@H]2NC(=O)c1cccc(N(C)S(C)(=O)=O)c1. The van der Waals surface area contributed by atoms with Crippen molar-refractivity contribution in [1.82, 2.24) is 5.32 Å². The van der Waals surface area contributed by atoms with Crippen molar-refractivity contribution in [3.05, 3.63) is 59.2 Å². The maximum Gasteiger partial charge on any atom is 0.251 e. The summed E-state index contributed by atoms with van der Waals surface area (Å²) in [7, 11) is -1.94. The maximum atomic E-state index is 12.9. The molecule has 150 valence electrons. The topological polar surface area (TPSA) is 75.7 Å². The van der Waals surface area contributed by atoms with Crippen molar-refractivity contribution in [2.24, 2.45) is 0 Å². The maximum absolute atomic E-state index is 12.9. The van der Waals surface area contributed by atoms with Crippen molar-refractivity contribution in [2.75, 3.05) is 17.6 Å². The zero-order chi connectivity index (χ0) is 20.7. The predicted octanol–water partition coefficient (Wildman–Crippen LogP) is 3.42. The lowest BCUT2D eigenvalue weighted by Gasteiger charge is -2.38. The van der Waals surface area contributed by atoms with Crippen LogP contribution in [-0.2, 0) is 10.0 Å². The third-order valence-corrected chi connectivity index (χ3v) is 6.11. The number of sulfonamides is 1. The van der Waals surface area contributed by atoms with Crippen molar-refractivity contribution in [1.29, 1.82) is 0 Å². The average molecular weight is 403 g/mol. The third-order valence-electron chi connectivity index (χ3n) is 4.90. The molecular weight excluding hydrogens is 376 g/mol. The molecule has 0 aromatic heterocycles. The van der Waals surface area contributed by atoms with Crippen LogP contribution >= 0.6 is 0 Å². The first-order valence-electron chi connectivity index (χ1n) is 9.11. The lowest BCUT2D eigenvalue weighted by Crippen LogP contribution is -2.41. The summed E-state index contributed by atoms with van der Waals surface area (Å²) in [4.78, 5) is 12.9. The second kappa shape index (κ2) is 7.13. The highest BCUT2D eigenvalue weighted by atomic mass is 32.2. The Morgan fingerprint density at radius 3 is 2.61 bits per heavy atom. The minimum atomic E-state index is -3.40. The van der Waals surface area contributed by atoms with Gasteiger partial charge in [0.25, 0.3) is 5.91 Å². The molecule has 28 heavy (non-hydrogen) atoms. The number of anilines is 1. The summed E-state index contributed by atoms with van der Waals surface area (Å²) in [5, 5.41) is 3.08. The zero-order valence-electron chi connectivity index (χ0n) is 16.8. The molecule has 3 rings (SSSR count). The molecular formula is C21H26N2O4S. The Morgan fingerprint density at radius 2 is 1.93 bits per heavy atom. The van der Waals surface area contributed by atoms with Crippen LogP contribution in [0.1, 0.15) is 47.8 Å². The Hall–Kier alpha value is -2.54.